The lowest BCUT2D eigenvalue weighted by Crippen LogP contribution is -2.43. The van der Waals surface area contributed by atoms with Crippen LogP contribution in [0.1, 0.15) is 41.3 Å². The Labute approximate surface area is 167 Å². The topological polar surface area (TPSA) is 122 Å². The maximum absolute atomic E-state index is 12.5. The van der Waals surface area contributed by atoms with Crippen molar-refractivity contribution in [3.63, 3.8) is 0 Å². The van der Waals surface area contributed by atoms with E-state index in [4.69, 9.17) is 0 Å². The summed E-state index contributed by atoms with van der Waals surface area (Å²) in [6.45, 7) is 8.77. The Kier molecular flexibility index (Phi) is 5.76. The van der Waals surface area contributed by atoms with Gasteiger partial charge in [0.1, 0.15) is 0 Å². The predicted molar refractivity (Wildman–Crippen MR) is 108 cm³/mol. The molecule has 0 bridgehead atoms. The van der Waals surface area contributed by atoms with Gasteiger partial charge >= 0.3 is 0 Å². The highest BCUT2D eigenvalue weighted by Gasteiger charge is 2.18. The number of carbonyl (C=O) groups excluding carboxylic acids is 2. The number of amides is 2. The minimum atomic E-state index is -0.616. The van der Waals surface area contributed by atoms with E-state index in [1.807, 2.05) is 18.5 Å². The molecule has 0 fully saturated rings. The largest absolute Gasteiger partial charge is 0.290 e. The van der Waals surface area contributed by atoms with Gasteiger partial charge in [0, 0.05) is 23.2 Å². The van der Waals surface area contributed by atoms with Crippen LogP contribution in [0.25, 0.3) is 10.8 Å². The van der Waals surface area contributed by atoms with E-state index in [2.05, 4.69) is 40.0 Å². The van der Waals surface area contributed by atoms with Gasteiger partial charge in [-0.3, -0.25) is 29.9 Å². The van der Waals surface area contributed by atoms with Gasteiger partial charge in [0.25, 0.3) is 11.5 Å². The third-order valence-corrected chi connectivity index (χ3v) is 4.63. The predicted octanol–water partition coefficient (Wildman–Crippen LogP) is 1.40. The zero-order valence-electron chi connectivity index (χ0n) is 16.9. The van der Waals surface area contributed by atoms with Crippen LogP contribution in [0.3, 0.4) is 0 Å². The van der Waals surface area contributed by atoms with Crippen LogP contribution in [0.5, 0.6) is 0 Å². The summed E-state index contributed by atoms with van der Waals surface area (Å²) in [7, 11) is 0. The van der Waals surface area contributed by atoms with Gasteiger partial charge in [-0.2, -0.15) is 10.2 Å². The first-order valence-corrected chi connectivity index (χ1v) is 9.37. The minimum Gasteiger partial charge on any atom is -0.273 e. The molecule has 2 amide bonds. The summed E-state index contributed by atoms with van der Waals surface area (Å²) in [5.74, 6) is -0.550. The van der Waals surface area contributed by atoms with Gasteiger partial charge in [-0.15, -0.1) is 0 Å². The van der Waals surface area contributed by atoms with Gasteiger partial charge in [0.05, 0.1) is 17.5 Å². The molecule has 0 spiro atoms. The molecular formula is C20H24N6O3. The summed E-state index contributed by atoms with van der Waals surface area (Å²) in [4.78, 5) is 36.6. The number of hydrogen-bond acceptors (Lipinski definition) is 5. The van der Waals surface area contributed by atoms with Crippen molar-refractivity contribution in [2.45, 2.75) is 40.7 Å². The molecule has 1 aromatic carbocycles. The molecule has 0 aliphatic rings. The molecule has 2 aromatic heterocycles. The van der Waals surface area contributed by atoms with Crippen LogP contribution in [0, 0.1) is 19.8 Å². The maximum atomic E-state index is 12.5. The van der Waals surface area contributed by atoms with Gasteiger partial charge in [-0.25, -0.2) is 5.10 Å². The van der Waals surface area contributed by atoms with Crippen molar-refractivity contribution >= 4 is 22.6 Å². The van der Waals surface area contributed by atoms with E-state index in [1.165, 1.54) is 0 Å². The number of fused-ring (bicyclic) bond motifs is 1. The Balaban J connectivity index is 1.69. The molecular weight excluding hydrogens is 372 g/mol. The average Bonchev–Trinajstić information content (AvgIpc) is 2.93. The van der Waals surface area contributed by atoms with Gasteiger partial charge in [-0.05, 0) is 25.8 Å². The van der Waals surface area contributed by atoms with Crippen molar-refractivity contribution in [2.24, 2.45) is 5.92 Å². The summed E-state index contributed by atoms with van der Waals surface area (Å²) in [6, 6.07) is 6.64. The molecule has 29 heavy (non-hydrogen) atoms. The van der Waals surface area contributed by atoms with Crippen molar-refractivity contribution in [1.29, 1.82) is 0 Å². The number of aromatic amines is 1. The highest BCUT2D eigenvalue weighted by atomic mass is 16.2. The van der Waals surface area contributed by atoms with Crippen LogP contribution in [-0.2, 0) is 17.8 Å². The number of hydrogen-bond donors (Lipinski definition) is 3. The molecule has 3 aromatic rings. The van der Waals surface area contributed by atoms with Gasteiger partial charge in [0.15, 0.2) is 5.69 Å². The summed E-state index contributed by atoms with van der Waals surface area (Å²) in [5, 5.41) is 11.4. The number of H-pyrrole nitrogens is 1. The highest BCUT2D eigenvalue weighted by molar-refractivity contribution is 6.05. The number of nitrogens with one attached hydrogen (secondary N) is 3. The molecule has 0 aliphatic heterocycles. The first kappa shape index (κ1) is 20.2. The molecule has 2 heterocycles. The first-order valence-electron chi connectivity index (χ1n) is 9.37. The Hall–Kier alpha value is -3.49. The molecule has 3 N–H and O–H groups in total. The van der Waals surface area contributed by atoms with E-state index in [-0.39, 0.29) is 23.6 Å². The fourth-order valence-corrected chi connectivity index (χ4v) is 3.19. The van der Waals surface area contributed by atoms with E-state index in [0.717, 1.165) is 23.5 Å². The lowest BCUT2D eigenvalue weighted by Gasteiger charge is -2.09. The number of carbonyl (C=O) groups is 2. The zero-order chi connectivity index (χ0) is 21.1. The highest BCUT2D eigenvalue weighted by Crippen LogP contribution is 2.15. The van der Waals surface area contributed by atoms with Crippen molar-refractivity contribution in [3.05, 3.63) is 57.3 Å². The average molecular weight is 396 g/mol. The van der Waals surface area contributed by atoms with Gasteiger partial charge in [-0.1, -0.05) is 32.0 Å². The molecule has 0 saturated heterocycles. The normalized spacial score (nSPS) is 11.1. The van der Waals surface area contributed by atoms with Crippen molar-refractivity contribution in [2.75, 3.05) is 0 Å². The zero-order valence-corrected chi connectivity index (χ0v) is 16.9. The fraction of sp³-hybridized carbons (Fsp3) is 0.350. The second kappa shape index (κ2) is 8.26. The molecule has 0 unspecified atom stereocenters. The van der Waals surface area contributed by atoms with Gasteiger partial charge in [0.2, 0.25) is 5.91 Å². The van der Waals surface area contributed by atoms with Crippen molar-refractivity contribution < 1.29 is 9.59 Å². The second-order valence-corrected chi connectivity index (χ2v) is 7.35. The first-order chi connectivity index (χ1) is 13.8. The minimum absolute atomic E-state index is 0.0256. The molecule has 3 rings (SSSR count). The van der Waals surface area contributed by atoms with Crippen LogP contribution < -0.4 is 16.4 Å². The van der Waals surface area contributed by atoms with E-state index < -0.39 is 5.91 Å². The molecule has 9 heteroatoms. The van der Waals surface area contributed by atoms with Crippen LogP contribution in [0.4, 0.5) is 0 Å². The number of aryl methyl sites for hydroxylation is 1. The Bertz CT molecular complexity index is 1130. The van der Waals surface area contributed by atoms with E-state index in [9.17, 15) is 14.4 Å². The maximum Gasteiger partial charge on any atom is 0.290 e. The second-order valence-electron chi connectivity index (χ2n) is 7.35. The van der Waals surface area contributed by atoms with Crippen LogP contribution in [-0.4, -0.2) is 31.8 Å². The van der Waals surface area contributed by atoms with Crippen molar-refractivity contribution in [3.8, 4) is 0 Å². The van der Waals surface area contributed by atoms with Crippen LogP contribution in [0.15, 0.2) is 29.1 Å². The molecule has 152 valence electrons. The number of nitrogens with zero attached hydrogens (tertiary/aromatic N) is 3. The monoisotopic (exact) mass is 396 g/mol. The smallest absolute Gasteiger partial charge is 0.273 e. The van der Waals surface area contributed by atoms with Crippen LogP contribution in [0.2, 0.25) is 0 Å². The standard InChI is InChI=1S/C20H24N6O3/c1-11(2)10-26-13(4)16(12(3)25-26)9-17(27)21-24-20(29)18-14-7-5-6-8-15(14)19(28)23-22-18/h5-8,11H,9-10H2,1-4H3,(H,21,27)(H,23,28)(H,24,29). The fourth-order valence-electron chi connectivity index (χ4n) is 3.19. The van der Waals surface area contributed by atoms with E-state index in [0.29, 0.717) is 16.7 Å². The van der Waals surface area contributed by atoms with Crippen molar-refractivity contribution in [1.82, 2.24) is 30.8 Å². The third kappa shape index (κ3) is 4.34. The lowest BCUT2D eigenvalue weighted by atomic mass is 10.1. The summed E-state index contributed by atoms with van der Waals surface area (Å²) >= 11 is 0. The summed E-state index contributed by atoms with van der Waals surface area (Å²) in [6.07, 6.45) is 0.0931. The SMILES string of the molecule is Cc1nn(CC(C)C)c(C)c1CC(=O)NNC(=O)c1n[nH]c(=O)c2ccccc12. The molecule has 0 aliphatic carbocycles. The lowest BCUT2D eigenvalue weighted by molar-refractivity contribution is -0.121. The third-order valence-electron chi connectivity index (χ3n) is 4.63. The Morgan fingerprint density at radius 3 is 2.52 bits per heavy atom. The molecule has 0 saturated carbocycles. The number of hydrazine groups is 1. The number of rotatable bonds is 5. The molecule has 9 nitrogen and oxygen atoms in total. The van der Waals surface area contributed by atoms with E-state index >= 15 is 0 Å². The molecule has 0 atom stereocenters. The summed E-state index contributed by atoms with van der Waals surface area (Å²) in [5.41, 5.74) is 6.97. The quantitative estimate of drug-likeness (QED) is 0.563. The number of aromatic nitrogens is 4. The summed E-state index contributed by atoms with van der Waals surface area (Å²) < 4.78 is 1.90. The van der Waals surface area contributed by atoms with Gasteiger partial charge < -0.3 is 0 Å². The Morgan fingerprint density at radius 2 is 1.83 bits per heavy atom. The molecule has 0 radical (unpaired) electrons. The van der Waals surface area contributed by atoms with Crippen LogP contribution >= 0.6 is 0 Å². The Morgan fingerprint density at radius 1 is 1.14 bits per heavy atom. The number of benzene rings is 1. The van der Waals surface area contributed by atoms with E-state index in [1.54, 1.807) is 24.3 Å².